The van der Waals surface area contributed by atoms with Crippen molar-refractivity contribution >= 4 is 39.2 Å². The van der Waals surface area contributed by atoms with Crippen LogP contribution in [0.3, 0.4) is 0 Å². The van der Waals surface area contributed by atoms with Crippen LogP contribution in [0.25, 0.3) is 0 Å². The molecule has 2 rings (SSSR count). The highest BCUT2D eigenvalue weighted by Crippen LogP contribution is 2.12. The molecule has 0 aliphatic carbocycles. The molecule has 2 aromatic rings. The first-order valence-electron chi connectivity index (χ1n) is 8.75. The van der Waals surface area contributed by atoms with E-state index in [1.807, 2.05) is 0 Å². The highest BCUT2D eigenvalue weighted by molar-refractivity contribution is 7.89. The number of hydrogen-bond acceptors (Lipinski definition) is 7. The van der Waals surface area contributed by atoms with Gasteiger partial charge in [0.25, 0.3) is 0 Å². The molecule has 0 fully saturated rings. The third-order valence-corrected chi connectivity index (χ3v) is 5.29. The summed E-state index contributed by atoms with van der Waals surface area (Å²) in [4.78, 5) is 45.9. The minimum absolute atomic E-state index is 0.115. The Labute approximate surface area is 173 Å². The second-order valence-corrected chi connectivity index (χ2v) is 8.01. The molecule has 0 aliphatic rings. The van der Waals surface area contributed by atoms with Crippen molar-refractivity contribution in [1.29, 1.82) is 0 Å². The van der Waals surface area contributed by atoms with Gasteiger partial charge >= 0.3 is 5.97 Å². The summed E-state index contributed by atoms with van der Waals surface area (Å²) in [5.74, 6) is -1.87. The van der Waals surface area contributed by atoms with Crippen LogP contribution in [0.5, 0.6) is 0 Å². The first kappa shape index (κ1) is 22.9. The van der Waals surface area contributed by atoms with Crippen LogP contribution in [0.4, 0.5) is 5.69 Å². The Morgan fingerprint density at radius 3 is 1.97 bits per heavy atom. The lowest BCUT2D eigenvalue weighted by Crippen LogP contribution is -2.31. The first-order valence-corrected chi connectivity index (χ1v) is 10.2. The van der Waals surface area contributed by atoms with E-state index in [4.69, 9.17) is 4.74 Å². The monoisotopic (exact) mass is 432 g/mol. The zero-order valence-corrected chi connectivity index (χ0v) is 17.1. The average molecular weight is 432 g/mol. The molecular formula is C20H20N2O7S. The lowest BCUT2D eigenvalue weighted by Gasteiger charge is -2.08. The van der Waals surface area contributed by atoms with Crippen LogP contribution < -0.4 is 10.0 Å². The molecule has 2 aromatic carbocycles. The topological polar surface area (TPSA) is 136 Å². The van der Waals surface area contributed by atoms with Gasteiger partial charge in [-0.15, -0.1) is 0 Å². The van der Waals surface area contributed by atoms with Crippen molar-refractivity contribution < 1.29 is 32.3 Å². The molecule has 10 heteroatoms. The maximum Gasteiger partial charge on any atom is 0.321 e. The smallest absolute Gasteiger partial charge is 0.321 e. The van der Waals surface area contributed by atoms with Gasteiger partial charge in [-0.25, -0.2) is 8.42 Å². The number of ketones is 2. The van der Waals surface area contributed by atoms with E-state index < -0.39 is 34.9 Å². The van der Waals surface area contributed by atoms with Gasteiger partial charge in [0.05, 0.1) is 4.90 Å². The van der Waals surface area contributed by atoms with Gasteiger partial charge in [0.1, 0.15) is 6.54 Å². The molecular weight excluding hydrogens is 412 g/mol. The van der Waals surface area contributed by atoms with Gasteiger partial charge in [-0.3, -0.25) is 19.2 Å². The Bertz CT molecular complexity index is 1060. The molecule has 0 aromatic heterocycles. The molecule has 0 heterocycles. The highest BCUT2D eigenvalue weighted by atomic mass is 32.2. The minimum Gasteiger partial charge on any atom is -0.456 e. The third kappa shape index (κ3) is 6.61. The lowest BCUT2D eigenvalue weighted by atomic mass is 10.1. The van der Waals surface area contributed by atoms with Crippen molar-refractivity contribution in [2.45, 2.75) is 18.7 Å². The lowest BCUT2D eigenvalue weighted by molar-refractivity contribution is -0.141. The summed E-state index contributed by atoms with van der Waals surface area (Å²) in [7, 11) is -3.98. The molecule has 0 unspecified atom stereocenters. The number of sulfonamides is 1. The fourth-order valence-electron chi connectivity index (χ4n) is 2.33. The van der Waals surface area contributed by atoms with Crippen LogP contribution in [0.15, 0.2) is 53.4 Å². The Hall–Kier alpha value is -3.37. The number of Topliss-reactive ketones (excluding diaryl/α,β-unsaturated/α-hetero) is 2. The van der Waals surface area contributed by atoms with Gasteiger partial charge in [0.2, 0.25) is 15.9 Å². The van der Waals surface area contributed by atoms with Crippen LogP contribution >= 0.6 is 0 Å². The normalized spacial score (nSPS) is 10.9. The summed E-state index contributed by atoms with van der Waals surface area (Å²) < 4.78 is 31.2. The van der Waals surface area contributed by atoms with E-state index in [0.717, 1.165) is 0 Å². The number of esters is 1. The van der Waals surface area contributed by atoms with Crippen molar-refractivity contribution in [3.8, 4) is 0 Å². The summed E-state index contributed by atoms with van der Waals surface area (Å²) in [6.07, 6.45) is 0. The van der Waals surface area contributed by atoms with Gasteiger partial charge in [-0.05, 0) is 43.3 Å². The largest absolute Gasteiger partial charge is 0.456 e. The quantitative estimate of drug-likeness (QED) is 0.453. The van der Waals surface area contributed by atoms with E-state index in [9.17, 15) is 27.6 Å². The van der Waals surface area contributed by atoms with E-state index in [0.29, 0.717) is 11.3 Å². The van der Waals surface area contributed by atoms with Crippen molar-refractivity contribution in [1.82, 2.24) is 4.72 Å². The number of carbonyl (C=O) groups excluding carboxylic acids is 4. The van der Waals surface area contributed by atoms with Crippen molar-refractivity contribution in [3.63, 3.8) is 0 Å². The van der Waals surface area contributed by atoms with E-state index in [2.05, 4.69) is 10.0 Å². The number of anilines is 1. The molecule has 2 N–H and O–H groups in total. The summed E-state index contributed by atoms with van der Waals surface area (Å²) in [6, 6.07) is 11.2. The molecule has 0 saturated heterocycles. The van der Waals surface area contributed by atoms with Crippen molar-refractivity contribution in [2.24, 2.45) is 0 Å². The number of ether oxygens (including phenoxy) is 1. The van der Waals surface area contributed by atoms with Gasteiger partial charge in [0.15, 0.2) is 18.2 Å². The molecule has 0 radical (unpaired) electrons. The second-order valence-electron chi connectivity index (χ2n) is 6.25. The molecule has 158 valence electrons. The predicted molar refractivity (Wildman–Crippen MR) is 108 cm³/mol. The number of carbonyl (C=O) groups is 4. The highest BCUT2D eigenvalue weighted by Gasteiger charge is 2.17. The second kappa shape index (κ2) is 9.90. The maximum atomic E-state index is 12.2. The van der Waals surface area contributed by atoms with E-state index >= 15 is 0 Å². The number of hydrogen-bond donors (Lipinski definition) is 2. The van der Waals surface area contributed by atoms with Gasteiger partial charge in [0, 0.05) is 23.7 Å². The average Bonchev–Trinajstić information content (AvgIpc) is 2.70. The Balaban J connectivity index is 1.85. The van der Waals surface area contributed by atoms with E-state index in [1.165, 1.54) is 62.4 Å². The van der Waals surface area contributed by atoms with E-state index in [-0.39, 0.29) is 22.1 Å². The zero-order chi connectivity index (χ0) is 22.3. The zero-order valence-electron chi connectivity index (χ0n) is 16.3. The van der Waals surface area contributed by atoms with Crippen molar-refractivity contribution in [3.05, 3.63) is 59.7 Å². The maximum absolute atomic E-state index is 12.2. The van der Waals surface area contributed by atoms with Crippen LogP contribution in [0.1, 0.15) is 34.6 Å². The molecule has 30 heavy (non-hydrogen) atoms. The van der Waals surface area contributed by atoms with Crippen LogP contribution in [-0.2, 0) is 24.3 Å². The summed E-state index contributed by atoms with van der Waals surface area (Å²) in [6.45, 7) is 1.49. The van der Waals surface area contributed by atoms with Crippen LogP contribution in [0.2, 0.25) is 0 Å². The number of amides is 1. The van der Waals surface area contributed by atoms with Crippen molar-refractivity contribution in [2.75, 3.05) is 18.5 Å². The SMILES string of the molecule is CC(=O)Nc1ccc(C(=O)COC(=O)CNS(=O)(=O)c2ccc(C(C)=O)cc2)cc1. The molecule has 9 nitrogen and oxygen atoms in total. The third-order valence-electron chi connectivity index (χ3n) is 3.87. The fraction of sp³-hybridized carbons (Fsp3) is 0.200. The molecule has 0 atom stereocenters. The van der Waals surface area contributed by atoms with Gasteiger partial charge in [-0.2, -0.15) is 4.72 Å². The molecule has 1 amide bonds. The molecule has 0 spiro atoms. The Kier molecular flexibility index (Phi) is 7.56. The summed E-state index contributed by atoms with van der Waals surface area (Å²) >= 11 is 0. The minimum atomic E-state index is -3.98. The molecule has 0 saturated carbocycles. The standard InChI is InChI=1S/C20H20N2O7S/c1-13(23)15-5-9-18(10-6-15)30(27,28)21-11-20(26)29-12-19(25)16-3-7-17(8-4-16)22-14(2)24/h3-10,21H,11-12H2,1-2H3,(H,22,24). The van der Waals surface area contributed by atoms with Gasteiger partial charge < -0.3 is 10.1 Å². The Morgan fingerprint density at radius 2 is 1.43 bits per heavy atom. The molecule has 0 aliphatic heterocycles. The van der Waals surface area contributed by atoms with Crippen LogP contribution in [-0.4, -0.2) is 45.0 Å². The van der Waals surface area contributed by atoms with E-state index in [1.54, 1.807) is 0 Å². The number of rotatable bonds is 9. The summed E-state index contributed by atoms with van der Waals surface area (Å²) in [5, 5.41) is 2.56. The number of nitrogens with one attached hydrogen (secondary N) is 2. The van der Waals surface area contributed by atoms with Crippen LogP contribution in [0, 0.1) is 0 Å². The Morgan fingerprint density at radius 1 is 0.867 bits per heavy atom. The predicted octanol–water partition coefficient (Wildman–Crippen LogP) is 1.55. The first-order chi connectivity index (χ1) is 14.1. The molecule has 0 bridgehead atoms. The van der Waals surface area contributed by atoms with Gasteiger partial charge in [-0.1, -0.05) is 12.1 Å². The fourth-order valence-corrected chi connectivity index (χ4v) is 3.30. The number of benzene rings is 2. The summed E-state index contributed by atoms with van der Waals surface area (Å²) in [5.41, 5.74) is 1.14.